The van der Waals surface area contributed by atoms with Gasteiger partial charge in [-0.05, 0) is 110 Å². The monoisotopic (exact) mass is 1460 g/mol. The quantitative estimate of drug-likeness (QED) is 0.0662. The molecule has 9 aromatic rings. The number of anilines is 3. The molecule has 0 radical (unpaired) electrons. The molecule has 3 fully saturated rings. The zero-order valence-electron chi connectivity index (χ0n) is 48.4. The molecule has 0 saturated carbocycles. The minimum atomic E-state index is -3.90. The van der Waals surface area contributed by atoms with Crippen LogP contribution in [-0.4, -0.2) is 125 Å². The van der Waals surface area contributed by atoms with E-state index in [1.165, 1.54) is 111 Å². The lowest BCUT2D eigenvalue weighted by atomic mass is 10.1. The number of aromatic nitrogens is 6. The number of carbonyl (C=O) groups excluding carboxylic acids is 3. The fraction of sp³-hybridized carbons (Fsp3) is 0.224. The standard InChI is InChI=1S/3C19H17ClFN5O3S2.CH4/c3*1-26-16(19(27)24-12-2-3-14(21)13(20)6-12)7-15(25-31(26,28)29)18-5-4-17(30-18)11-8-22-10-23-9-11;/h3*2-6,8-10,15-16,25H,7H2,1H3,(H,24,27);1H4/t2*15-,16+;;/m10../s1. The van der Waals surface area contributed by atoms with Gasteiger partial charge in [0, 0.05) is 121 Å². The van der Waals surface area contributed by atoms with Crippen molar-refractivity contribution in [2.75, 3.05) is 37.1 Å². The zero-order valence-corrected chi connectivity index (χ0v) is 55.5. The maximum absolute atomic E-state index is 13.4. The molecule has 6 N–H and O–H groups in total. The Labute approximate surface area is 565 Å². The van der Waals surface area contributed by atoms with Gasteiger partial charge < -0.3 is 16.0 Å². The lowest BCUT2D eigenvalue weighted by Crippen LogP contribution is -2.55. The topological polar surface area (TPSA) is 313 Å². The Kier molecular flexibility index (Phi) is 22.8. The predicted molar refractivity (Wildman–Crippen MR) is 356 cm³/mol. The van der Waals surface area contributed by atoms with Crippen molar-refractivity contribution >= 4 is 134 Å². The van der Waals surface area contributed by atoms with Crippen molar-refractivity contribution in [3.8, 4) is 31.3 Å². The molecule has 12 rings (SSSR count). The van der Waals surface area contributed by atoms with E-state index in [0.717, 1.165) is 77.1 Å². The SMILES string of the molecule is C.CN1C(C(=O)Nc2ccc(F)c(Cl)c2)CC(c2ccc(-c3cncnc3)s2)NS1(=O)=O.CN1[C@@H](C(=O)Nc2ccc(F)c(Cl)c2)C[C@@H](c2ccc(-c3cncnc3)s2)NS1(=O)=O.CN1[C@H](C(=O)Nc2ccc(F)c(Cl)c2)C[C@H](c2ccc(-c3cncnc3)s2)NS1(=O)=O. The van der Waals surface area contributed by atoms with Gasteiger partial charge in [0.15, 0.2) is 0 Å². The number of halogens is 6. The predicted octanol–water partition coefficient (Wildman–Crippen LogP) is 10.3. The Bertz CT molecular complexity index is 4120. The van der Waals surface area contributed by atoms with Crippen LogP contribution >= 0.6 is 68.8 Å². The molecule has 6 atom stereocenters. The van der Waals surface area contributed by atoms with Crippen molar-refractivity contribution in [2.45, 2.75) is 62.9 Å². The van der Waals surface area contributed by atoms with Gasteiger partial charge in [-0.2, -0.15) is 52.3 Å². The van der Waals surface area contributed by atoms with Gasteiger partial charge in [0.2, 0.25) is 17.7 Å². The molecular formula is C58H55Cl3F3N15O9S6. The number of hydrogen-bond acceptors (Lipinski definition) is 18. The van der Waals surface area contributed by atoms with Gasteiger partial charge >= 0.3 is 0 Å². The molecule has 2 unspecified atom stereocenters. The van der Waals surface area contributed by atoms with Crippen LogP contribution in [0.2, 0.25) is 15.1 Å². The van der Waals surface area contributed by atoms with Crippen LogP contribution in [0.1, 0.15) is 59.4 Å². The summed E-state index contributed by atoms with van der Waals surface area (Å²) in [6.07, 6.45) is 15.0. The van der Waals surface area contributed by atoms with E-state index in [9.17, 15) is 52.8 Å². The first kappa shape index (κ1) is 71.0. The molecule has 6 aromatic heterocycles. The van der Waals surface area contributed by atoms with E-state index < -0.39 is 102 Å². The Morgan fingerprint density at radius 2 is 0.681 bits per heavy atom. The number of amides is 3. The van der Waals surface area contributed by atoms with Gasteiger partial charge in [-0.3, -0.25) is 14.4 Å². The normalized spacial score (nSPS) is 20.8. The van der Waals surface area contributed by atoms with Gasteiger partial charge in [0.1, 0.15) is 54.6 Å². The lowest BCUT2D eigenvalue weighted by Gasteiger charge is -2.35. The second-order valence-corrected chi connectivity index (χ2v) is 30.5. The number of hydrogen-bond donors (Lipinski definition) is 6. The van der Waals surface area contributed by atoms with Crippen LogP contribution in [0.3, 0.4) is 0 Å². The van der Waals surface area contributed by atoms with E-state index >= 15 is 0 Å². The molecule has 24 nitrogen and oxygen atoms in total. The summed E-state index contributed by atoms with van der Waals surface area (Å²) in [4.78, 5) is 67.5. The molecule has 3 aliphatic rings. The fourth-order valence-electron chi connectivity index (χ4n) is 9.65. The summed E-state index contributed by atoms with van der Waals surface area (Å²) < 4.78 is 127. The van der Waals surface area contributed by atoms with Crippen molar-refractivity contribution < 1.29 is 52.8 Å². The third-order valence-electron chi connectivity index (χ3n) is 14.6. The first-order valence-electron chi connectivity index (χ1n) is 27.3. The van der Waals surface area contributed by atoms with Gasteiger partial charge in [0.05, 0.1) is 33.2 Å². The molecule has 3 amide bonds. The zero-order chi connectivity index (χ0) is 66.5. The molecule has 0 bridgehead atoms. The van der Waals surface area contributed by atoms with Crippen molar-refractivity contribution in [1.82, 2.24) is 57.0 Å². The number of thiophene rings is 3. The fourth-order valence-corrected chi connectivity index (χ4v) is 17.4. The summed E-state index contributed by atoms with van der Waals surface area (Å²) in [5, 5.41) is 7.42. The number of likely N-dealkylation sites (N-methyl/N-ethyl adjacent to an activating group) is 3. The average molecular weight is 1460 g/mol. The second kappa shape index (κ2) is 30.2. The Hall–Kier alpha value is -7.32. The van der Waals surface area contributed by atoms with Crippen LogP contribution in [-0.2, 0) is 45.0 Å². The van der Waals surface area contributed by atoms with E-state index in [-0.39, 0.29) is 58.8 Å². The van der Waals surface area contributed by atoms with E-state index in [4.69, 9.17) is 34.8 Å². The lowest BCUT2D eigenvalue weighted by molar-refractivity contribution is -0.120. The Balaban J connectivity index is 0.000000165. The van der Waals surface area contributed by atoms with E-state index in [2.05, 4.69) is 60.0 Å². The maximum atomic E-state index is 13.4. The smallest absolute Gasteiger partial charge is 0.280 e. The van der Waals surface area contributed by atoms with E-state index in [1.807, 2.05) is 36.4 Å². The first-order chi connectivity index (χ1) is 44.2. The molecule has 94 heavy (non-hydrogen) atoms. The number of benzene rings is 3. The molecule has 3 aliphatic heterocycles. The highest BCUT2D eigenvalue weighted by atomic mass is 35.5. The Morgan fingerprint density at radius 1 is 0.436 bits per heavy atom. The summed E-state index contributed by atoms with van der Waals surface area (Å²) >= 11 is 21.5. The molecule has 36 heteroatoms. The summed E-state index contributed by atoms with van der Waals surface area (Å²) in [6, 6.07) is 17.7. The van der Waals surface area contributed by atoms with Crippen molar-refractivity contribution in [2.24, 2.45) is 0 Å². The summed E-state index contributed by atoms with van der Waals surface area (Å²) in [5.74, 6) is -3.44. The number of nitrogens with zero attached hydrogens (tertiary/aromatic N) is 9. The molecule has 0 aliphatic carbocycles. The van der Waals surface area contributed by atoms with Gasteiger partial charge in [-0.15, -0.1) is 34.0 Å². The average Bonchev–Trinajstić information content (AvgIpc) is 1.29. The third kappa shape index (κ3) is 16.8. The van der Waals surface area contributed by atoms with Crippen LogP contribution in [0.5, 0.6) is 0 Å². The minimum Gasteiger partial charge on any atom is -0.325 e. The van der Waals surface area contributed by atoms with Gasteiger partial charge in [-0.25, -0.2) is 43.1 Å². The van der Waals surface area contributed by atoms with Crippen molar-refractivity contribution in [3.05, 3.63) is 194 Å². The second-order valence-electron chi connectivity index (χ2n) is 20.7. The largest absolute Gasteiger partial charge is 0.325 e. The summed E-state index contributed by atoms with van der Waals surface area (Å²) in [6.45, 7) is 0. The van der Waals surface area contributed by atoms with Crippen LogP contribution in [0, 0.1) is 17.5 Å². The van der Waals surface area contributed by atoms with Crippen LogP contribution in [0.25, 0.3) is 31.3 Å². The molecule has 3 aromatic carbocycles. The van der Waals surface area contributed by atoms with Crippen molar-refractivity contribution in [1.29, 1.82) is 0 Å². The highest BCUT2D eigenvalue weighted by Crippen LogP contribution is 2.40. The Morgan fingerprint density at radius 3 is 0.915 bits per heavy atom. The molecule has 9 heterocycles. The first-order valence-corrected chi connectivity index (χ1v) is 35.2. The molecular weight excluding hydrogens is 1410 g/mol. The van der Waals surface area contributed by atoms with E-state index in [0.29, 0.717) is 0 Å². The van der Waals surface area contributed by atoms with Crippen LogP contribution in [0.15, 0.2) is 147 Å². The van der Waals surface area contributed by atoms with Crippen molar-refractivity contribution in [3.63, 3.8) is 0 Å². The molecule has 494 valence electrons. The highest BCUT2D eigenvalue weighted by molar-refractivity contribution is 7.87. The highest BCUT2D eigenvalue weighted by Gasteiger charge is 2.44. The summed E-state index contributed by atoms with van der Waals surface area (Å²) in [5.41, 5.74) is 3.28. The minimum absolute atomic E-state index is 0. The maximum Gasteiger partial charge on any atom is 0.280 e. The summed E-state index contributed by atoms with van der Waals surface area (Å²) in [7, 11) is -7.69. The number of nitrogens with one attached hydrogen (secondary N) is 6. The van der Waals surface area contributed by atoms with Crippen LogP contribution < -0.4 is 30.1 Å². The van der Waals surface area contributed by atoms with E-state index in [1.54, 1.807) is 37.2 Å². The molecule has 0 spiro atoms. The third-order valence-corrected chi connectivity index (χ3v) is 24.0. The van der Waals surface area contributed by atoms with Gasteiger partial charge in [0.25, 0.3) is 30.6 Å². The number of carbonyl (C=O) groups is 3. The van der Waals surface area contributed by atoms with Crippen LogP contribution in [0.4, 0.5) is 30.2 Å². The van der Waals surface area contributed by atoms with Gasteiger partial charge in [-0.1, -0.05) is 42.2 Å². The molecule has 3 saturated heterocycles. The number of rotatable bonds is 12.